The number of benzene rings is 3. The lowest BCUT2D eigenvalue weighted by Gasteiger charge is -2.31. The molecule has 0 unspecified atom stereocenters. The molecule has 0 saturated carbocycles. The summed E-state index contributed by atoms with van der Waals surface area (Å²) in [5.74, 6) is -1.95. The number of anilines is 3. The quantitative estimate of drug-likeness (QED) is 0.190. The molecule has 1 aliphatic rings. The number of aryl methyl sites for hydroxylation is 1. The third-order valence-corrected chi connectivity index (χ3v) is 7.98. The lowest BCUT2D eigenvalue weighted by atomic mass is 9.90. The van der Waals surface area contributed by atoms with Crippen LogP contribution in [-0.2, 0) is 6.18 Å². The van der Waals surface area contributed by atoms with Gasteiger partial charge in [0, 0.05) is 29.9 Å². The fraction of sp³-hybridized carbons (Fsp3) is 0.200. The summed E-state index contributed by atoms with van der Waals surface area (Å²) in [7, 11) is 0. The van der Waals surface area contributed by atoms with E-state index in [-0.39, 0.29) is 23.5 Å². The molecule has 1 aliphatic heterocycles. The Morgan fingerprint density at radius 1 is 0.848 bits per heavy atom. The molecule has 3 aromatic carbocycles. The lowest BCUT2D eigenvalue weighted by Crippen LogP contribution is -2.33. The Morgan fingerprint density at radius 3 is 2.20 bits per heavy atom. The van der Waals surface area contributed by atoms with Crippen LogP contribution in [-0.4, -0.2) is 34.9 Å². The second-order valence-corrected chi connectivity index (χ2v) is 11.1. The third kappa shape index (κ3) is 6.78. The van der Waals surface area contributed by atoms with Gasteiger partial charge in [0.15, 0.2) is 5.69 Å². The van der Waals surface area contributed by atoms with E-state index in [1.165, 1.54) is 17.8 Å². The van der Waals surface area contributed by atoms with Gasteiger partial charge in [0.05, 0.1) is 17.6 Å². The van der Waals surface area contributed by atoms with Crippen LogP contribution >= 0.6 is 0 Å². The zero-order valence-corrected chi connectivity index (χ0v) is 24.8. The molecule has 0 spiro atoms. The van der Waals surface area contributed by atoms with Gasteiger partial charge in [0.1, 0.15) is 0 Å². The van der Waals surface area contributed by atoms with Crippen molar-refractivity contribution in [2.45, 2.75) is 31.9 Å². The van der Waals surface area contributed by atoms with Gasteiger partial charge in [0.25, 0.3) is 17.8 Å². The van der Waals surface area contributed by atoms with Crippen molar-refractivity contribution in [1.29, 1.82) is 0 Å². The van der Waals surface area contributed by atoms with Crippen molar-refractivity contribution in [3.8, 4) is 11.3 Å². The first-order valence-electron chi connectivity index (χ1n) is 14.8. The fourth-order valence-corrected chi connectivity index (χ4v) is 5.45. The molecule has 1 fully saturated rings. The van der Waals surface area contributed by atoms with Gasteiger partial charge >= 0.3 is 6.18 Å². The van der Waals surface area contributed by atoms with Gasteiger partial charge < -0.3 is 20.0 Å². The first kappa shape index (κ1) is 30.6. The van der Waals surface area contributed by atoms with Gasteiger partial charge in [-0.2, -0.15) is 18.2 Å². The molecule has 6 rings (SSSR count). The molecule has 5 aromatic rings. The Labute approximate surface area is 263 Å². The number of aromatic nitrogens is 2. The smallest absolute Gasteiger partial charge is 0.417 e. The molecule has 0 aliphatic carbocycles. The molecule has 0 bridgehead atoms. The molecule has 2 aromatic heterocycles. The molecule has 234 valence electrons. The lowest BCUT2D eigenvalue weighted by molar-refractivity contribution is -0.141. The average Bonchev–Trinajstić information content (AvgIpc) is 3.54. The maximum absolute atomic E-state index is 13.9. The third-order valence-electron chi connectivity index (χ3n) is 7.98. The summed E-state index contributed by atoms with van der Waals surface area (Å²) < 4.78 is 47.1. The van der Waals surface area contributed by atoms with E-state index in [0.717, 1.165) is 24.1 Å². The normalized spacial score (nSPS) is 13.8. The molecule has 2 amide bonds. The largest absolute Gasteiger partial charge is 0.437 e. The SMILES string of the molecule is Cc1ccccc1NC(=O)c1ccc(-c2ccc(NC(=O)c3oc(N4CCC(c5ccccc5)CC4)nc3C(F)(F)F)cn2)cc1. The number of amides is 2. The van der Waals surface area contributed by atoms with E-state index < -0.39 is 23.5 Å². The van der Waals surface area contributed by atoms with E-state index in [0.29, 0.717) is 29.9 Å². The molecule has 2 N–H and O–H groups in total. The van der Waals surface area contributed by atoms with E-state index in [4.69, 9.17) is 4.42 Å². The summed E-state index contributed by atoms with van der Waals surface area (Å²) in [4.78, 5) is 35.3. The number of carbonyl (C=O) groups excluding carboxylic acids is 2. The van der Waals surface area contributed by atoms with Crippen LogP contribution in [0.2, 0.25) is 0 Å². The van der Waals surface area contributed by atoms with Gasteiger partial charge in [-0.25, -0.2) is 0 Å². The van der Waals surface area contributed by atoms with E-state index in [1.807, 2.05) is 61.5 Å². The van der Waals surface area contributed by atoms with E-state index in [2.05, 4.69) is 20.6 Å². The molecule has 46 heavy (non-hydrogen) atoms. The van der Waals surface area contributed by atoms with Crippen LogP contribution < -0.4 is 15.5 Å². The topological polar surface area (TPSA) is 100 Å². The number of halogens is 3. The van der Waals surface area contributed by atoms with Crippen LogP contribution in [0.3, 0.4) is 0 Å². The molecular formula is C35H30F3N5O3. The predicted molar refractivity (Wildman–Crippen MR) is 169 cm³/mol. The summed E-state index contributed by atoms with van der Waals surface area (Å²) in [5.41, 5.74) is 3.37. The van der Waals surface area contributed by atoms with Crippen molar-refractivity contribution in [3.05, 3.63) is 125 Å². The average molecular weight is 626 g/mol. The summed E-state index contributed by atoms with van der Waals surface area (Å²) in [6.07, 6.45) is -2.11. The number of nitrogens with zero attached hydrogens (tertiary/aromatic N) is 3. The van der Waals surface area contributed by atoms with Crippen LogP contribution in [0.5, 0.6) is 0 Å². The second kappa shape index (κ2) is 12.9. The Bertz CT molecular complexity index is 1830. The highest BCUT2D eigenvalue weighted by Crippen LogP contribution is 2.36. The molecular weight excluding hydrogens is 595 g/mol. The molecule has 0 atom stereocenters. The van der Waals surface area contributed by atoms with Crippen LogP contribution in [0.25, 0.3) is 11.3 Å². The van der Waals surface area contributed by atoms with Crippen molar-refractivity contribution in [3.63, 3.8) is 0 Å². The summed E-state index contributed by atoms with van der Waals surface area (Å²) in [6.45, 7) is 2.80. The van der Waals surface area contributed by atoms with Crippen LogP contribution in [0.1, 0.15) is 56.5 Å². The first-order valence-corrected chi connectivity index (χ1v) is 14.8. The number of hydrogen-bond donors (Lipinski definition) is 2. The van der Waals surface area contributed by atoms with Gasteiger partial charge in [-0.3, -0.25) is 14.6 Å². The highest BCUT2D eigenvalue weighted by molar-refractivity contribution is 6.05. The maximum Gasteiger partial charge on any atom is 0.437 e. The minimum atomic E-state index is -4.89. The van der Waals surface area contributed by atoms with Gasteiger partial charge in [-0.1, -0.05) is 60.7 Å². The highest BCUT2D eigenvalue weighted by atomic mass is 19.4. The number of hydrogen-bond acceptors (Lipinski definition) is 6. The molecule has 1 saturated heterocycles. The number of nitrogens with one attached hydrogen (secondary N) is 2. The van der Waals surface area contributed by atoms with Crippen LogP contribution in [0.4, 0.5) is 30.6 Å². The first-order chi connectivity index (χ1) is 22.2. The highest BCUT2D eigenvalue weighted by Gasteiger charge is 2.42. The Balaban J connectivity index is 1.11. The Hall–Kier alpha value is -5.45. The van der Waals surface area contributed by atoms with Gasteiger partial charge in [0.2, 0.25) is 5.76 Å². The van der Waals surface area contributed by atoms with E-state index in [1.54, 1.807) is 35.2 Å². The second-order valence-electron chi connectivity index (χ2n) is 11.1. The standard InChI is InChI=1S/C35H30F3N5O3/c1-22-7-5-6-10-28(22)41-32(44)26-13-11-25(12-14-26)29-16-15-27(21-39-29)40-33(45)30-31(35(36,37)38)42-34(46-30)43-19-17-24(18-20-43)23-8-3-2-4-9-23/h2-16,21,24H,17-20H2,1H3,(H,40,45)(H,41,44). The number of para-hydroxylation sites is 1. The number of pyridine rings is 1. The zero-order chi connectivity index (χ0) is 32.3. The van der Waals surface area contributed by atoms with Crippen LogP contribution in [0, 0.1) is 6.92 Å². The number of rotatable bonds is 7. The van der Waals surface area contributed by atoms with Crippen molar-refractivity contribution in [2.24, 2.45) is 0 Å². The van der Waals surface area contributed by atoms with Crippen molar-refractivity contribution in [2.75, 3.05) is 28.6 Å². The Kier molecular flexibility index (Phi) is 8.56. The van der Waals surface area contributed by atoms with Crippen molar-refractivity contribution < 1.29 is 27.2 Å². The zero-order valence-electron chi connectivity index (χ0n) is 24.8. The minimum absolute atomic E-state index is 0.178. The number of alkyl halides is 3. The molecule has 8 nitrogen and oxygen atoms in total. The van der Waals surface area contributed by atoms with E-state index in [9.17, 15) is 22.8 Å². The predicted octanol–water partition coefficient (Wildman–Crippen LogP) is 7.95. The molecule has 0 radical (unpaired) electrons. The fourth-order valence-electron chi connectivity index (χ4n) is 5.45. The summed E-state index contributed by atoms with van der Waals surface area (Å²) >= 11 is 0. The minimum Gasteiger partial charge on any atom is -0.417 e. The Morgan fingerprint density at radius 2 is 1.54 bits per heavy atom. The summed E-state index contributed by atoms with van der Waals surface area (Å²) in [5, 5.41) is 5.33. The monoisotopic (exact) mass is 625 g/mol. The maximum atomic E-state index is 13.9. The number of oxazole rings is 1. The van der Waals surface area contributed by atoms with E-state index >= 15 is 0 Å². The number of carbonyl (C=O) groups is 2. The number of piperidine rings is 1. The van der Waals surface area contributed by atoms with Crippen molar-refractivity contribution in [1.82, 2.24) is 9.97 Å². The van der Waals surface area contributed by atoms with Crippen molar-refractivity contribution >= 4 is 29.2 Å². The van der Waals surface area contributed by atoms with Gasteiger partial charge in [-0.15, -0.1) is 0 Å². The molecule has 3 heterocycles. The van der Waals surface area contributed by atoms with Crippen LogP contribution in [0.15, 0.2) is 102 Å². The summed E-state index contributed by atoms with van der Waals surface area (Å²) in [6, 6.07) is 27.2. The van der Waals surface area contributed by atoms with Gasteiger partial charge in [-0.05, 0) is 67.1 Å². The molecule has 11 heteroatoms.